The van der Waals surface area contributed by atoms with Crippen LogP contribution in [0.15, 0.2) is 11.0 Å². The fourth-order valence-electron chi connectivity index (χ4n) is 1.45. The van der Waals surface area contributed by atoms with Gasteiger partial charge in [0.15, 0.2) is 0 Å². The number of nitrogens with one attached hydrogen (secondary N) is 1. The second kappa shape index (κ2) is 5.32. The van der Waals surface area contributed by atoms with Gasteiger partial charge in [0.2, 0.25) is 0 Å². The molecule has 0 aliphatic rings. The van der Waals surface area contributed by atoms with E-state index in [9.17, 15) is 9.90 Å². The summed E-state index contributed by atoms with van der Waals surface area (Å²) in [5.74, 6) is 0. The van der Waals surface area contributed by atoms with Crippen LogP contribution in [-0.4, -0.2) is 27.0 Å². The molecule has 1 heterocycles. The molecule has 0 bridgehead atoms. The summed E-state index contributed by atoms with van der Waals surface area (Å²) in [4.78, 5) is 11.5. The van der Waals surface area contributed by atoms with Crippen LogP contribution >= 0.6 is 11.6 Å². The smallest absolute Gasteiger partial charge is 0.287 e. The molecule has 1 aromatic heterocycles. The Kier molecular flexibility index (Phi) is 4.32. The summed E-state index contributed by atoms with van der Waals surface area (Å²) in [6.07, 6.45) is 1.68. The second-order valence-corrected chi connectivity index (χ2v) is 4.31. The van der Waals surface area contributed by atoms with E-state index in [1.807, 2.05) is 6.92 Å². The number of halogens is 1. The van der Waals surface area contributed by atoms with Gasteiger partial charge in [0.05, 0.1) is 18.0 Å². The lowest BCUT2D eigenvalue weighted by Crippen LogP contribution is -2.25. The zero-order valence-corrected chi connectivity index (χ0v) is 10.3. The number of aliphatic hydroxyl groups is 1. The summed E-state index contributed by atoms with van der Waals surface area (Å²) >= 11 is 5.88. The third kappa shape index (κ3) is 3.21. The van der Waals surface area contributed by atoms with Crippen molar-refractivity contribution < 1.29 is 5.11 Å². The van der Waals surface area contributed by atoms with Crippen LogP contribution < -0.4 is 10.9 Å². The van der Waals surface area contributed by atoms with E-state index in [0.717, 1.165) is 0 Å². The molecule has 1 rings (SSSR count). The van der Waals surface area contributed by atoms with Crippen LogP contribution in [0.2, 0.25) is 5.02 Å². The molecule has 0 radical (unpaired) electrons. The standard InChI is InChI=1S/C10H16ClN3O2/c1-6(4-7(2)15)13-8-5-12-14(3)10(16)9(8)11/h5-7,13,15H,4H2,1-3H3. The molecule has 0 spiro atoms. The van der Waals surface area contributed by atoms with E-state index in [2.05, 4.69) is 10.4 Å². The first kappa shape index (κ1) is 13.0. The number of aromatic nitrogens is 2. The van der Waals surface area contributed by atoms with E-state index < -0.39 is 6.10 Å². The monoisotopic (exact) mass is 245 g/mol. The zero-order valence-electron chi connectivity index (χ0n) is 9.57. The van der Waals surface area contributed by atoms with Crippen molar-refractivity contribution in [2.24, 2.45) is 7.05 Å². The maximum Gasteiger partial charge on any atom is 0.287 e. The zero-order chi connectivity index (χ0) is 12.3. The molecule has 2 unspecified atom stereocenters. The summed E-state index contributed by atoms with van der Waals surface area (Å²) < 4.78 is 1.17. The van der Waals surface area contributed by atoms with Crippen LogP contribution in [0.25, 0.3) is 0 Å². The minimum absolute atomic E-state index is 0.0198. The van der Waals surface area contributed by atoms with Gasteiger partial charge >= 0.3 is 0 Å². The van der Waals surface area contributed by atoms with E-state index in [4.69, 9.17) is 11.6 Å². The van der Waals surface area contributed by atoms with E-state index >= 15 is 0 Å². The van der Waals surface area contributed by atoms with Crippen molar-refractivity contribution in [2.45, 2.75) is 32.4 Å². The molecule has 1 aromatic rings. The average molecular weight is 246 g/mol. The maximum atomic E-state index is 11.5. The normalized spacial score (nSPS) is 14.6. The molecular formula is C10H16ClN3O2. The lowest BCUT2D eigenvalue weighted by atomic mass is 10.1. The maximum absolute atomic E-state index is 11.5. The topological polar surface area (TPSA) is 67.2 Å². The van der Waals surface area contributed by atoms with Gasteiger partial charge < -0.3 is 10.4 Å². The first-order chi connectivity index (χ1) is 7.41. The molecule has 5 nitrogen and oxygen atoms in total. The summed E-state index contributed by atoms with van der Waals surface area (Å²) in [6.45, 7) is 3.61. The van der Waals surface area contributed by atoms with Crippen molar-refractivity contribution in [3.8, 4) is 0 Å². The number of hydrogen-bond donors (Lipinski definition) is 2. The van der Waals surface area contributed by atoms with Gasteiger partial charge in [-0.2, -0.15) is 5.10 Å². The highest BCUT2D eigenvalue weighted by Crippen LogP contribution is 2.17. The Balaban J connectivity index is 2.82. The lowest BCUT2D eigenvalue weighted by Gasteiger charge is -2.17. The highest BCUT2D eigenvalue weighted by molar-refractivity contribution is 6.32. The number of anilines is 1. The Morgan fingerprint density at radius 2 is 2.25 bits per heavy atom. The van der Waals surface area contributed by atoms with Crippen LogP contribution in [0, 0.1) is 0 Å². The van der Waals surface area contributed by atoms with Crippen molar-refractivity contribution in [3.05, 3.63) is 21.6 Å². The van der Waals surface area contributed by atoms with Crippen molar-refractivity contribution in [2.75, 3.05) is 5.32 Å². The molecule has 0 amide bonds. The van der Waals surface area contributed by atoms with Gasteiger partial charge in [0, 0.05) is 13.1 Å². The van der Waals surface area contributed by atoms with Crippen molar-refractivity contribution in [1.82, 2.24) is 9.78 Å². The molecular weight excluding hydrogens is 230 g/mol. The molecule has 0 aromatic carbocycles. The second-order valence-electron chi connectivity index (χ2n) is 3.93. The van der Waals surface area contributed by atoms with Gasteiger partial charge in [0.1, 0.15) is 5.02 Å². The Labute approximate surface area is 99.0 Å². The summed E-state index contributed by atoms with van der Waals surface area (Å²) in [5.41, 5.74) is 0.161. The van der Waals surface area contributed by atoms with E-state index in [0.29, 0.717) is 12.1 Å². The largest absolute Gasteiger partial charge is 0.393 e. The highest BCUT2D eigenvalue weighted by Gasteiger charge is 2.11. The Hall–Kier alpha value is -1.07. The molecule has 2 N–H and O–H groups in total. The summed E-state index contributed by atoms with van der Waals surface area (Å²) in [7, 11) is 1.54. The van der Waals surface area contributed by atoms with Gasteiger partial charge in [0.25, 0.3) is 5.56 Å². The molecule has 0 saturated carbocycles. The quantitative estimate of drug-likeness (QED) is 0.831. The van der Waals surface area contributed by atoms with Crippen LogP contribution in [-0.2, 0) is 7.05 Å². The van der Waals surface area contributed by atoms with Crippen LogP contribution in [0.1, 0.15) is 20.3 Å². The molecule has 2 atom stereocenters. The first-order valence-corrected chi connectivity index (χ1v) is 5.46. The number of aryl methyl sites for hydroxylation is 1. The SMILES string of the molecule is CC(O)CC(C)Nc1cnn(C)c(=O)c1Cl. The number of rotatable bonds is 4. The number of aliphatic hydroxyl groups excluding tert-OH is 1. The molecule has 16 heavy (non-hydrogen) atoms. The van der Waals surface area contributed by atoms with Crippen LogP contribution in [0.3, 0.4) is 0 Å². The van der Waals surface area contributed by atoms with E-state index in [1.165, 1.54) is 17.9 Å². The van der Waals surface area contributed by atoms with Crippen molar-refractivity contribution >= 4 is 17.3 Å². The molecule has 90 valence electrons. The molecule has 0 saturated heterocycles. The third-order valence-electron chi connectivity index (χ3n) is 2.17. The fourth-order valence-corrected chi connectivity index (χ4v) is 1.67. The Morgan fingerprint density at radius 1 is 1.62 bits per heavy atom. The molecule has 0 aliphatic carbocycles. The van der Waals surface area contributed by atoms with Gasteiger partial charge in [-0.25, -0.2) is 4.68 Å². The van der Waals surface area contributed by atoms with E-state index in [1.54, 1.807) is 6.92 Å². The fraction of sp³-hybridized carbons (Fsp3) is 0.600. The van der Waals surface area contributed by atoms with Crippen LogP contribution in [0.4, 0.5) is 5.69 Å². The minimum atomic E-state index is -0.402. The number of nitrogens with zero attached hydrogens (tertiary/aromatic N) is 2. The van der Waals surface area contributed by atoms with Crippen LogP contribution in [0.5, 0.6) is 0 Å². The van der Waals surface area contributed by atoms with Crippen molar-refractivity contribution in [3.63, 3.8) is 0 Å². The Morgan fingerprint density at radius 3 is 2.81 bits per heavy atom. The van der Waals surface area contributed by atoms with Gasteiger partial charge in [-0.3, -0.25) is 4.79 Å². The van der Waals surface area contributed by atoms with Crippen molar-refractivity contribution in [1.29, 1.82) is 0 Å². The van der Waals surface area contributed by atoms with Gasteiger partial charge in [-0.15, -0.1) is 0 Å². The highest BCUT2D eigenvalue weighted by atomic mass is 35.5. The third-order valence-corrected chi connectivity index (χ3v) is 2.54. The lowest BCUT2D eigenvalue weighted by molar-refractivity contribution is 0.179. The molecule has 0 aliphatic heterocycles. The summed E-state index contributed by atoms with van der Waals surface area (Å²) in [5, 5.41) is 16.2. The summed E-state index contributed by atoms with van der Waals surface area (Å²) in [6, 6.07) is 0.0198. The molecule has 6 heteroatoms. The van der Waals surface area contributed by atoms with Gasteiger partial charge in [-0.1, -0.05) is 11.6 Å². The number of hydrogen-bond acceptors (Lipinski definition) is 4. The predicted molar refractivity (Wildman–Crippen MR) is 63.9 cm³/mol. The average Bonchev–Trinajstić information content (AvgIpc) is 2.18. The predicted octanol–water partition coefficient (Wildman–Crippen LogP) is 1.00. The minimum Gasteiger partial charge on any atom is -0.393 e. The molecule has 0 fully saturated rings. The first-order valence-electron chi connectivity index (χ1n) is 5.08. The Bertz CT molecular complexity index is 417. The van der Waals surface area contributed by atoms with Gasteiger partial charge in [-0.05, 0) is 20.3 Å². The van der Waals surface area contributed by atoms with E-state index in [-0.39, 0.29) is 16.6 Å².